The Balaban J connectivity index is 3.08. The number of hydrogen-bond donors (Lipinski definition) is 1. The average molecular weight is 272 g/mol. The lowest BCUT2D eigenvalue weighted by molar-refractivity contribution is 0.0615. The van der Waals surface area contributed by atoms with Crippen LogP contribution >= 0.6 is 0 Å². The first-order chi connectivity index (χ1) is 8.86. The van der Waals surface area contributed by atoms with Crippen LogP contribution in [0.1, 0.15) is 36.1 Å². The number of nitrogens with zero attached hydrogens (tertiary/aromatic N) is 3. The maximum Gasteiger partial charge on any atom is 0.274 e. The highest BCUT2D eigenvalue weighted by Gasteiger charge is 2.21. The number of carbonyl (C=O) groups is 1. The molecule has 1 aromatic heterocycles. The smallest absolute Gasteiger partial charge is 0.274 e. The van der Waals surface area contributed by atoms with E-state index in [-0.39, 0.29) is 11.6 Å². The van der Waals surface area contributed by atoms with Crippen molar-refractivity contribution < 1.29 is 13.6 Å². The molecule has 1 rings (SSSR count). The second-order valence-electron chi connectivity index (χ2n) is 4.47. The normalized spacial score (nSPS) is 10.9. The van der Waals surface area contributed by atoms with Crippen molar-refractivity contribution in [2.45, 2.75) is 26.2 Å². The fourth-order valence-electron chi connectivity index (χ4n) is 1.49. The predicted octanol–water partition coefficient (Wildman–Crippen LogP) is 1.98. The monoisotopic (exact) mass is 272 g/mol. The largest absolute Gasteiger partial charge is 0.385 e. The Hall–Kier alpha value is -1.79. The van der Waals surface area contributed by atoms with Gasteiger partial charge < -0.3 is 10.2 Å². The molecule has 0 spiro atoms. The van der Waals surface area contributed by atoms with Crippen LogP contribution < -0.4 is 5.32 Å². The number of amides is 1. The van der Waals surface area contributed by atoms with Crippen LogP contribution in [0.25, 0.3) is 0 Å². The number of halogens is 2. The van der Waals surface area contributed by atoms with E-state index in [0.29, 0.717) is 11.5 Å². The van der Waals surface area contributed by atoms with Crippen molar-refractivity contribution in [3.63, 3.8) is 0 Å². The SMILES string of the molecule is CNc1cnc(C(C)C)nc1C(=O)N(C)CC(F)F. The van der Waals surface area contributed by atoms with Crippen molar-refractivity contribution in [3.8, 4) is 0 Å². The maximum atomic E-state index is 12.3. The molecule has 0 saturated heterocycles. The number of aromatic nitrogens is 2. The molecule has 1 N–H and O–H groups in total. The average Bonchev–Trinajstić information content (AvgIpc) is 2.36. The molecule has 1 amide bonds. The fourth-order valence-corrected chi connectivity index (χ4v) is 1.49. The Morgan fingerprint density at radius 1 is 1.47 bits per heavy atom. The molecule has 0 fully saturated rings. The van der Waals surface area contributed by atoms with Crippen LogP contribution in [0.2, 0.25) is 0 Å². The summed E-state index contributed by atoms with van der Waals surface area (Å²) in [7, 11) is 2.95. The molecule has 19 heavy (non-hydrogen) atoms. The molecule has 0 aliphatic rings. The number of carbonyl (C=O) groups excluding carboxylic acids is 1. The second-order valence-corrected chi connectivity index (χ2v) is 4.47. The van der Waals surface area contributed by atoms with E-state index < -0.39 is 18.9 Å². The van der Waals surface area contributed by atoms with Gasteiger partial charge >= 0.3 is 0 Å². The summed E-state index contributed by atoms with van der Waals surface area (Å²) >= 11 is 0. The van der Waals surface area contributed by atoms with Gasteiger partial charge in [0.05, 0.1) is 18.4 Å². The zero-order valence-corrected chi connectivity index (χ0v) is 11.4. The molecular formula is C12H18F2N4O. The van der Waals surface area contributed by atoms with Gasteiger partial charge in [0.1, 0.15) is 5.82 Å². The standard InChI is InChI=1S/C12H18F2N4O/c1-7(2)11-16-5-8(15-3)10(17-11)12(19)18(4)6-9(13)14/h5,7,9,15H,6H2,1-4H3. The van der Waals surface area contributed by atoms with Crippen molar-refractivity contribution in [3.05, 3.63) is 17.7 Å². The topological polar surface area (TPSA) is 58.1 Å². The highest BCUT2D eigenvalue weighted by atomic mass is 19.3. The summed E-state index contributed by atoms with van der Waals surface area (Å²) in [6.07, 6.45) is -1.08. The van der Waals surface area contributed by atoms with Crippen LogP contribution in [-0.4, -0.2) is 47.8 Å². The number of nitrogens with one attached hydrogen (secondary N) is 1. The molecular weight excluding hydrogens is 254 g/mol. The quantitative estimate of drug-likeness (QED) is 0.890. The molecule has 0 radical (unpaired) electrons. The van der Waals surface area contributed by atoms with E-state index in [1.54, 1.807) is 7.05 Å². The summed E-state index contributed by atoms with van der Waals surface area (Å²) in [5, 5.41) is 2.79. The van der Waals surface area contributed by atoms with Gasteiger partial charge in [-0.05, 0) is 0 Å². The van der Waals surface area contributed by atoms with Crippen LogP contribution in [0.4, 0.5) is 14.5 Å². The summed E-state index contributed by atoms with van der Waals surface area (Å²) in [5.41, 5.74) is 0.542. The van der Waals surface area contributed by atoms with Gasteiger partial charge in [-0.1, -0.05) is 13.8 Å². The molecule has 7 heteroatoms. The van der Waals surface area contributed by atoms with Crippen LogP contribution in [0.15, 0.2) is 6.20 Å². The van der Waals surface area contributed by atoms with Crippen molar-refractivity contribution in [1.29, 1.82) is 0 Å². The first-order valence-electron chi connectivity index (χ1n) is 5.95. The molecule has 106 valence electrons. The summed E-state index contributed by atoms with van der Waals surface area (Å²) in [4.78, 5) is 21.3. The number of alkyl halides is 2. The van der Waals surface area contributed by atoms with Gasteiger partial charge in [0, 0.05) is 20.0 Å². The fraction of sp³-hybridized carbons (Fsp3) is 0.583. The lowest BCUT2D eigenvalue weighted by Gasteiger charge is -2.18. The highest BCUT2D eigenvalue weighted by Crippen LogP contribution is 2.17. The minimum atomic E-state index is -2.57. The molecule has 0 saturated carbocycles. The van der Waals surface area contributed by atoms with Crippen molar-refractivity contribution >= 4 is 11.6 Å². The van der Waals surface area contributed by atoms with Gasteiger partial charge in [0.25, 0.3) is 12.3 Å². The summed E-state index contributed by atoms with van der Waals surface area (Å²) < 4.78 is 24.6. The van der Waals surface area contributed by atoms with E-state index in [2.05, 4.69) is 15.3 Å². The first kappa shape index (κ1) is 15.3. The molecule has 0 atom stereocenters. The van der Waals surface area contributed by atoms with Crippen LogP contribution in [-0.2, 0) is 0 Å². The van der Waals surface area contributed by atoms with Gasteiger partial charge in [-0.15, -0.1) is 0 Å². The van der Waals surface area contributed by atoms with Crippen LogP contribution in [0, 0.1) is 0 Å². The lowest BCUT2D eigenvalue weighted by Crippen LogP contribution is -2.32. The van der Waals surface area contributed by atoms with Crippen LogP contribution in [0.5, 0.6) is 0 Å². The maximum absolute atomic E-state index is 12.3. The minimum absolute atomic E-state index is 0.0536. The Labute approximate surface area is 111 Å². The molecule has 0 aliphatic heterocycles. The molecule has 1 heterocycles. The summed E-state index contributed by atoms with van der Waals surface area (Å²) in [6.45, 7) is 3.17. The third-order valence-electron chi connectivity index (χ3n) is 2.55. The van der Waals surface area contributed by atoms with E-state index in [1.807, 2.05) is 13.8 Å². The Morgan fingerprint density at radius 2 is 2.11 bits per heavy atom. The zero-order chi connectivity index (χ0) is 14.6. The van der Waals surface area contributed by atoms with E-state index in [1.165, 1.54) is 13.2 Å². The minimum Gasteiger partial charge on any atom is -0.385 e. The van der Waals surface area contributed by atoms with Crippen molar-refractivity contribution in [2.75, 3.05) is 26.0 Å². The van der Waals surface area contributed by atoms with E-state index in [0.717, 1.165) is 4.90 Å². The number of anilines is 1. The Kier molecular flexibility index (Phi) is 5.14. The lowest BCUT2D eigenvalue weighted by atomic mass is 10.2. The number of rotatable bonds is 5. The van der Waals surface area contributed by atoms with E-state index in [9.17, 15) is 13.6 Å². The molecule has 5 nitrogen and oxygen atoms in total. The molecule has 0 bridgehead atoms. The van der Waals surface area contributed by atoms with E-state index >= 15 is 0 Å². The van der Waals surface area contributed by atoms with E-state index in [4.69, 9.17) is 0 Å². The van der Waals surface area contributed by atoms with Gasteiger partial charge in [0.2, 0.25) is 0 Å². The first-order valence-corrected chi connectivity index (χ1v) is 5.95. The van der Waals surface area contributed by atoms with Gasteiger partial charge in [-0.2, -0.15) is 0 Å². The predicted molar refractivity (Wildman–Crippen MR) is 68.6 cm³/mol. The van der Waals surface area contributed by atoms with Gasteiger partial charge in [0.15, 0.2) is 5.69 Å². The second kappa shape index (κ2) is 6.40. The highest BCUT2D eigenvalue weighted by molar-refractivity contribution is 5.97. The third-order valence-corrected chi connectivity index (χ3v) is 2.55. The summed E-state index contributed by atoms with van der Waals surface area (Å²) in [6, 6.07) is 0. The van der Waals surface area contributed by atoms with Gasteiger partial charge in [-0.3, -0.25) is 4.79 Å². The Bertz CT molecular complexity index is 451. The van der Waals surface area contributed by atoms with Crippen LogP contribution in [0.3, 0.4) is 0 Å². The van der Waals surface area contributed by atoms with Gasteiger partial charge in [-0.25, -0.2) is 18.7 Å². The number of hydrogen-bond acceptors (Lipinski definition) is 4. The van der Waals surface area contributed by atoms with Crippen molar-refractivity contribution in [2.24, 2.45) is 0 Å². The molecule has 1 aromatic rings. The van der Waals surface area contributed by atoms with Crippen molar-refractivity contribution in [1.82, 2.24) is 14.9 Å². The molecule has 0 unspecified atom stereocenters. The molecule has 0 aliphatic carbocycles. The zero-order valence-electron chi connectivity index (χ0n) is 11.4. The molecule has 0 aromatic carbocycles. The third kappa shape index (κ3) is 3.84. The Morgan fingerprint density at radius 3 is 2.58 bits per heavy atom. The summed E-state index contributed by atoms with van der Waals surface area (Å²) in [5.74, 6) is 0.0135.